The van der Waals surface area contributed by atoms with Crippen LogP contribution in [0.2, 0.25) is 0 Å². The van der Waals surface area contributed by atoms with Crippen LogP contribution in [0.5, 0.6) is 0 Å². The van der Waals surface area contributed by atoms with E-state index in [1.807, 2.05) is 19.3 Å². The molecule has 1 aliphatic carbocycles. The maximum Gasteiger partial charge on any atom is 0.251 e. The molecule has 5 nitrogen and oxygen atoms in total. The maximum atomic E-state index is 11.8. The zero-order chi connectivity index (χ0) is 18.0. The molecular weight excluding hydrogens is 332 g/mol. The standard InChI is InChI=1S/C19H24N4OS/c1-23-11-13(20)9-19(12-5-3-2-4-6-12)8-7-14-15(10-19)25-18(22)16(14)17(21)24/h2-6,11,23H,7-10,20,22H2,1H3,(H2,21,24)/b13-11-. The second-order valence-corrected chi connectivity index (χ2v) is 7.75. The Bertz CT molecular complexity index is 812. The van der Waals surface area contributed by atoms with Crippen molar-refractivity contribution in [2.75, 3.05) is 12.8 Å². The third kappa shape index (κ3) is 3.22. The smallest absolute Gasteiger partial charge is 0.251 e. The fraction of sp³-hybridized carbons (Fsp3) is 0.316. The molecule has 1 amide bonds. The van der Waals surface area contributed by atoms with Crippen molar-refractivity contribution in [3.8, 4) is 0 Å². The highest BCUT2D eigenvalue weighted by Gasteiger charge is 2.39. The normalized spacial score (nSPS) is 20.1. The van der Waals surface area contributed by atoms with E-state index in [1.165, 1.54) is 16.9 Å². The molecule has 3 rings (SSSR count). The van der Waals surface area contributed by atoms with Gasteiger partial charge in [0, 0.05) is 29.2 Å². The lowest BCUT2D eigenvalue weighted by atomic mass is 9.66. The Hall–Kier alpha value is -2.47. The molecule has 1 aromatic heterocycles. The number of amides is 1. The predicted octanol–water partition coefficient (Wildman–Crippen LogP) is 2.27. The number of fused-ring (bicyclic) bond motifs is 1. The topological polar surface area (TPSA) is 107 Å². The Morgan fingerprint density at radius 2 is 2.04 bits per heavy atom. The van der Waals surface area contributed by atoms with E-state index >= 15 is 0 Å². The van der Waals surface area contributed by atoms with Gasteiger partial charge in [0.15, 0.2) is 0 Å². The Kier molecular flexibility index (Phi) is 4.72. The number of anilines is 1. The number of thiophene rings is 1. The second kappa shape index (κ2) is 6.80. The molecule has 0 fully saturated rings. The van der Waals surface area contributed by atoms with Gasteiger partial charge in [0.05, 0.1) is 10.6 Å². The number of primary amides is 1. The van der Waals surface area contributed by atoms with E-state index < -0.39 is 5.91 Å². The molecule has 132 valence electrons. The summed E-state index contributed by atoms with van der Waals surface area (Å²) in [6, 6.07) is 10.4. The van der Waals surface area contributed by atoms with Gasteiger partial charge in [0.25, 0.3) is 5.91 Å². The average Bonchev–Trinajstić information content (AvgIpc) is 2.90. The molecule has 25 heavy (non-hydrogen) atoms. The molecule has 6 heteroatoms. The van der Waals surface area contributed by atoms with Crippen LogP contribution in [-0.4, -0.2) is 13.0 Å². The van der Waals surface area contributed by atoms with Crippen molar-refractivity contribution < 1.29 is 4.79 Å². The van der Waals surface area contributed by atoms with E-state index in [0.29, 0.717) is 10.6 Å². The summed E-state index contributed by atoms with van der Waals surface area (Å²) < 4.78 is 0. The Morgan fingerprint density at radius 3 is 2.68 bits per heavy atom. The first-order chi connectivity index (χ1) is 12.0. The van der Waals surface area contributed by atoms with E-state index in [2.05, 4.69) is 29.6 Å². The number of nitrogen functional groups attached to an aromatic ring is 1. The lowest BCUT2D eigenvalue weighted by molar-refractivity contribution is 0.1000. The molecule has 2 aromatic rings. The number of allylic oxidation sites excluding steroid dienone is 1. The Balaban J connectivity index is 2.05. The largest absolute Gasteiger partial charge is 0.401 e. The van der Waals surface area contributed by atoms with Crippen molar-refractivity contribution in [3.63, 3.8) is 0 Å². The number of nitrogens with two attached hydrogens (primary N) is 3. The van der Waals surface area contributed by atoms with Gasteiger partial charge < -0.3 is 22.5 Å². The van der Waals surface area contributed by atoms with Crippen LogP contribution in [0.1, 0.15) is 39.2 Å². The number of carbonyl (C=O) groups is 1. The van der Waals surface area contributed by atoms with Crippen molar-refractivity contribution in [2.24, 2.45) is 11.5 Å². The zero-order valence-electron chi connectivity index (χ0n) is 14.3. The number of nitrogens with one attached hydrogen (secondary N) is 1. The number of carbonyl (C=O) groups excluding carboxylic acids is 1. The van der Waals surface area contributed by atoms with Crippen LogP contribution in [0.3, 0.4) is 0 Å². The highest BCUT2D eigenvalue weighted by Crippen LogP contribution is 2.47. The maximum absolute atomic E-state index is 11.8. The molecule has 0 saturated heterocycles. The molecule has 1 atom stereocenters. The molecule has 1 aliphatic rings. The monoisotopic (exact) mass is 356 g/mol. The minimum atomic E-state index is -0.434. The number of hydrogen-bond acceptors (Lipinski definition) is 5. The van der Waals surface area contributed by atoms with Gasteiger partial charge in [-0.2, -0.15) is 0 Å². The summed E-state index contributed by atoms with van der Waals surface area (Å²) in [7, 11) is 1.85. The summed E-state index contributed by atoms with van der Waals surface area (Å²) in [5.74, 6) is -0.434. The highest BCUT2D eigenvalue weighted by atomic mass is 32.1. The minimum absolute atomic E-state index is 0.0993. The summed E-state index contributed by atoms with van der Waals surface area (Å²) in [6.07, 6.45) is 5.09. The van der Waals surface area contributed by atoms with E-state index in [0.717, 1.165) is 41.8 Å². The van der Waals surface area contributed by atoms with Crippen LogP contribution < -0.4 is 22.5 Å². The fourth-order valence-corrected chi connectivity index (χ4v) is 5.16. The first-order valence-corrected chi connectivity index (χ1v) is 9.15. The SMILES string of the molecule is CN/C=C(\N)CC1(c2ccccc2)CCc2c(sc(N)c2C(N)=O)C1. The fourth-order valence-electron chi connectivity index (χ4n) is 3.89. The summed E-state index contributed by atoms with van der Waals surface area (Å²) in [5.41, 5.74) is 21.4. The first kappa shape index (κ1) is 17.4. The molecule has 0 aliphatic heterocycles. The van der Waals surface area contributed by atoms with Crippen molar-refractivity contribution in [3.05, 3.63) is 63.8 Å². The molecule has 0 bridgehead atoms. The molecule has 1 heterocycles. The van der Waals surface area contributed by atoms with Crippen LogP contribution in [0, 0.1) is 0 Å². The van der Waals surface area contributed by atoms with Crippen LogP contribution in [0.25, 0.3) is 0 Å². The van der Waals surface area contributed by atoms with Crippen LogP contribution in [0.15, 0.2) is 42.2 Å². The van der Waals surface area contributed by atoms with Gasteiger partial charge in [-0.25, -0.2) is 0 Å². The van der Waals surface area contributed by atoms with Gasteiger partial charge in [0.1, 0.15) is 0 Å². The zero-order valence-corrected chi connectivity index (χ0v) is 15.2. The average molecular weight is 356 g/mol. The van der Waals surface area contributed by atoms with Crippen molar-refractivity contribution in [1.29, 1.82) is 0 Å². The number of hydrogen-bond donors (Lipinski definition) is 4. The van der Waals surface area contributed by atoms with Gasteiger partial charge in [-0.05, 0) is 36.8 Å². The van der Waals surface area contributed by atoms with Gasteiger partial charge in [-0.15, -0.1) is 11.3 Å². The van der Waals surface area contributed by atoms with Crippen molar-refractivity contribution in [1.82, 2.24) is 5.32 Å². The van der Waals surface area contributed by atoms with Crippen molar-refractivity contribution in [2.45, 2.75) is 31.1 Å². The molecule has 0 spiro atoms. The Labute approximate surface area is 151 Å². The second-order valence-electron chi connectivity index (χ2n) is 6.62. The third-order valence-corrected chi connectivity index (χ3v) is 6.04. The summed E-state index contributed by atoms with van der Waals surface area (Å²) in [6.45, 7) is 0. The third-order valence-electron chi connectivity index (χ3n) is 4.98. The van der Waals surface area contributed by atoms with E-state index in [4.69, 9.17) is 17.2 Å². The van der Waals surface area contributed by atoms with Gasteiger partial charge in [-0.1, -0.05) is 30.3 Å². The first-order valence-electron chi connectivity index (χ1n) is 8.34. The van der Waals surface area contributed by atoms with E-state index in [1.54, 1.807) is 0 Å². The Morgan fingerprint density at radius 1 is 1.32 bits per heavy atom. The van der Waals surface area contributed by atoms with Gasteiger partial charge in [-0.3, -0.25) is 4.79 Å². The van der Waals surface area contributed by atoms with Crippen LogP contribution in [-0.2, 0) is 18.3 Å². The lowest BCUT2D eigenvalue weighted by Crippen LogP contribution is -2.35. The molecule has 0 saturated carbocycles. The molecule has 0 radical (unpaired) electrons. The predicted molar refractivity (Wildman–Crippen MR) is 103 cm³/mol. The molecule has 7 N–H and O–H groups in total. The molecule has 1 unspecified atom stereocenters. The van der Waals surface area contributed by atoms with Gasteiger partial charge >= 0.3 is 0 Å². The van der Waals surface area contributed by atoms with Crippen molar-refractivity contribution >= 4 is 22.2 Å². The summed E-state index contributed by atoms with van der Waals surface area (Å²) in [5, 5.41) is 3.54. The van der Waals surface area contributed by atoms with E-state index in [-0.39, 0.29) is 5.41 Å². The van der Waals surface area contributed by atoms with Crippen LogP contribution in [0.4, 0.5) is 5.00 Å². The summed E-state index contributed by atoms with van der Waals surface area (Å²) >= 11 is 1.48. The molecule has 1 aromatic carbocycles. The van der Waals surface area contributed by atoms with E-state index in [9.17, 15) is 4.79 Å². The summed E-state index contributed by atoms with van der Waals surface area (Å²) in [4.78, 5) is 12.9. The highest BCUT2D eigenvalue weighted by molar-refractivity contribution is 7.16. The molecular formula is C19H24N4OS. The quantitative estimate of drug-likeness (QED) is 0.659. The van der Waals surface area contributed by atoms with Gasteiger partial charge in [0.2, 0.25) is 0 Å². The van der Waals surface area contributed by atoms with Crippen LogP contribution >= 0.6 is 11.3 Å². The minimum Gasteiger partial charge on any atom is -0.401 e. The number of rotatable bonds is 5. The lowest BCUT2D eigenvalue weighted by Gasteiger charge is -2.38. The number of benzene rings is 1.